The van der Waals surface area contributed by atoms with Gasteiger partial charge < -0.3 is 14.4 Å². The van der Waals surface area contributed by atoms with Gasteiger partial charge in [0.2, 0.25) is 5.91 Å². The van der Waals surface area contributed by atoms with Crippen molar-refractivity contribution in [1.29, 1.82) is 0 Å². The van der Waals surface area contributed by atoms with Crippen molar-refractivity contribution in [3.63, 3.8) is 0 Å². The molecule has 5 rings (SSSR count). The Kier molecular flexibility index (Phi) is 4.15. The Labute approximate surface area is 157 Å². The molecular weight excluding hydrogens is 344 g/mol. The third-order valence-electron chi connectivity index (χ3n) is 5.58. The fourth-order valence-electron chi connectivity index (χ4n) is 3.98. The summed E-state index contributed by atoms with van der Waals surface area (Å²) in [6.45, 7) is 5.14. The van der Waals surface area contributed by atoms with Gasteiger partial charge in [-0.3, -0.25) is 9.69 Å². The van der Waals surface area contributed by atoms with Crippen molar-refractivity contribution in [1.82, 2.24) is 19.8 Å². The van der Waals surface area contributed by atoms with Gasteiger partial charge in [-0.1, -0.05) is 30.3 Å². The van der Waals surface area contributed by atoms with Gasteiger partial charge in [-0.15, -0.1) is 0 Å². The highest BCUT2D eigenvalue weighted by atomic mass is 16.5. The summed E-state index contributed by atoms with van der Waals surface area (Å²) in [7, 11) is 0. The SMILES string of the molecule is O=C(CN1CCOCC1)N1CC2(C1)OCc1nc(-c3ccccc3)ncc12. The van der Waals surface area contributed by atoms with E-state index >= 15 is 0 Å². The van der Waals surface area contributed by atoms with Crippen LogP contribution in [0.25, 0.3) is 11.4 Å². The van der Waals surface area contributed by atoms with E-state index in [0.29, 0.717) is 39.5 Å². The molecule has 1 aromatic heterocycles. The van der Waals surface area contributed by atoms with Crippen LogP contribution in [0.2, 0.25) is 0 Å². The van der Waals surface area contributed by atoms with E-state index in [1.54, 1.807) is 0 Å². The van der Waals surface area contributed by atoms with Crippen LogP contribution in [0.3, 0.4) is 0 Å². The molecule has 2 fully saturated rings. The average Bonchev–Trinajstić information content (AvgIpc) is 3.07. The molecule has 2 aromatic rings. The van der Waals surface area contributed by atoms with E-state index in [2.05, 4.69) is 9.88 Å². The van der Waals surface area contributed by atoms with Crippen molar-refractivity contribution < 1.29 is 14.3 Å². The molecule has 0 atom stereocenters. The molecule has 0 aliphatic carbocycles. The van der Waals surface area contributed by atoms with Crippen LogP contribution in [0.15, 0.2) is 36.5 Å². The minimum Gasteiger partial charge on any atom is -0.379 e. The summed E-state index contributed by atoms with van der Waals surface area (Å²) in [6.07, 6.45) is 1.88. The van der Waals surface area contributed by atoms with E-state index in [9.17, 15) is 4.79 Å². The molecule has 4 heterocycles. The summed E-state index contributed by atoms with van der Waals surface area (Å²) in [5.41, 5.74) is 2.53. The average molecular weight is 366 g/mol. The lowest BCUT2D eigenvalue weighted by Crippen LogP contribution is -2.62. The first kappa shape index (κ1) is 16.8. The van der Waals surface area contributed by atoms with Gasteiger partial charge in [-0.2, -0.15) is 0 Å². The highest BCUT2D eigenvalue weighted by Gasteiger charge is 2.52. The van der Waals surface area contributed by atoms with Crippen LogP contribution in [0, 0.1) is 0 Å². The van der Waals surface area contributed by atoms with Crippen LogP contribution in [-0.4, -0.2) is 71.6 Å². The Morgan fingerprint density at radius 1 is 1.15 bits per heavy atom. The highest BCUT2D eigenvalue weighted by Crippen LogP contribution is 2.42. The molecule has 1 aromatic carbocycles. The van der Waals surface area contributed by atoms with Gasteiger partial charge in [0.15, 0.2) is 5.82 Å². The smallest absolute Gasteiger partial charge is 0.236 e. The third-order valence-corrected chi connectivity index (χ3v) is 5.58. The molecule has 0 radical (unpaired) electrons. The van der Waals surface area contributed by atoms with Crippen molar-refractivity contribution in [3.05, 3.63) is 47.8 Å². The van der Waals surface area contributed by atoms with E-state index in [-0.39, 0.29) is 5.91 Å². The zero-order valence-corrected chi connectivity index (χ0v) is 15.1. The van der Waals surface area contributed by atoms with Gasteiger partial charge in [-0.25, -0.2) is 9.97 Å². The first-order valence-corrected chi connectivity index (χ1v) is 9.37. The number of nitrogens with zero attached hydrogens (tertiary/aromatic N) is 4. The second kappa shape index (κ2) is 6.67. The topological polar surface area (TPSA) is 67.8 Å². The number of likely N-dealkylation sites (tertiary alicyclic amines) is 1. The van der Waals surface area contributed by atoms with Crippen LogP contribution in [-0.2, 0) is 26.5 Å². The second-order valence-electron chi connectivity index (χ2n) is 7.34. The summed E-state index contributed by atoms with van der Waals surface area (Å²) >= 11 is 0. The largest absolute Gasteiger partial charge is 0.379 e. The minimum atomic E-state index is -0.425. The van der Waals surface area contributed by atoms with Gasteiger partial charge in [-0.05, 0) is 0 Å². The zero-order chi connectivity index (χ0) is 18.3. The van der Waals surface area contributed by atoms with Gasteiger partial charge >= 0.3 is 0 Å². The standard InChI is InChI=1S/C20H22N4O3/c25-18(11-23-6-8-26-9-7-23)24-13-20(14-24)16-10-21-19(22-17(16)12-27-20)15-4-2-1-3-5-15/h1-5,10H,6-9,11-14H2. The number of carbonyl (C=O) groups excluding carboxylic acids is 1. The van der Waals surface area contributed by atoms with Crippen LogP contribution in [0.1, 0.15) is 11.3 Å². The molecular formula is C20H22N4O3. The molecule has 1 amide bonds. The molecule has 3 aliphatic heterocycles. The number of fused-ring (bicyclic) bond motifs is 2. The van der Waals surface area contributed by atoms with E-state index < -0.39 is 5.60 Å². The second-order valence-corrected chi connectivity index (χ2v) is 7.34. The molecule has 3 aliphatic rings. The van der Waals surface area contributed by atoms with Crippen LogP contribution < -0.4 is 0 Å². The number of aromatic nitrogens is 2. The minimum absolute atomic E-state index is 0.154. The lowest BCUT2D eigenvalue weighted by Gasteiger charge is -2.47. The molecule has 7 nitrogen and oxygen atoms in total. The number of morpholine rings is 1. The molecule has 0 bridgehead atoms. The van der Waals surface area contributed by atoms with Crippen molar-refractivity contribution in [2.75, 3.05) is 45.9 Å². The number of hydrogen-bond donors (Lipinski definition) is 0. The maximum Gasteiger partial charge on any atom is 0.236 e. The predicted molar refractivity (Wildman–Crippen MR) is 97.8 cm³/mol. The summed E-state index contributed by atoms with van der Waals surface area (Å²) in [4.78, 5) is 25.8. The van der Waals surface area contributed by atoms with Crippen molar-refractivity contribution in [2.24, 2.45) is 0 Å². The Morgan fingerprint density at radius 2 is 1.93 bits per heavy atom. The van der Waals surface area contributed by atoms with Gasteiger partial charge in [0, 0.05) is 30.4 Å². The monoisotopic (exact) mass is 366 g/mol. The molecule has 7 heteroatoms. The van der Waals surface area contributed by atoms with E-state index in [0.717, 1.165) is 35.7 Å². The Bertz CT molecular complexity index is 846. The number of carbonyl (C=O) groups is 1. The highest BCUT2D eigenvalue weighted by molar-refractivity contribution is 5.79. The van der Waals surface area contributed by atoms with Gasteiger partial charge in [0.1, 0.15) is 5.60 Å². The Morgan fingerprint density at radius 3 is 2.70 bits per heavy atom. The molecule has 0 N–H and O–H groups in total. The van der Waals surface area contributed by atoms with E-state index in [1.807, 2.05) is 41.4 Å². The van der Waals surface area contributed by atoms with Crippen molar-refractivity contribution >= 4 is 5.91 Å². The van der Waals surface area contributed by atoms with E-state index in [1.165, 1.54) is 0 Å². The number of amides is 1. The molecule has 2 saturated heterocycles. The van der Waals surface area contributed by atoms with Gasteiger partial charge in [0.05, 0.1) is 45.1 Å². The number of ether oxygens (including phenoxy) is 2. The molecule has 1 spiro atoms. The van der Waals surface area contributed by atoms with Crippen molar-refractivity contribution in [3.8, 4) is 11.4 Å². The predicted octanol–water partition coefficient (Wildman–Crippen LogP) is 1.04. The number of benzene rings is 1. The number of rotatable bonds is 3. The normalized spacial score (nSPS) is 21.1. The molecule has 0 unspecified atom stereocenters. The Hall–Kier alpha value is -2.35. The lowest BCUT2D eigenvalue weighted by molar-refractivity contribution is -0.170. The summed E-state index contributed by atoms with van der Waals surface area (Å²) in [5.74, 6) is 0.871. The summed E-state index contributed by atoms with van der Waals surface area (Å²) in [5, 5.41) is 0. The Balaban J connectivity index is 1.27. The maximum absolute atomic E-state index is 12.5. The fourth-order valence-corrected chi connectivity index (χ4v) is 3.98. The molecule has 0 saturated carbocycles. The zero-order valence-electron chi connectivity index (χ0n) is 15.1. The van der Waals surface area contributed by atoms with Crippen LogP contribution in [0.4, 0.5) is 0 Å². The fraction of sp³-hybridized carbons (Fsp3) is 0.450. The first-order valence-electron chi connectivity index (χ1n) is 9.37. The van der Waals surface area contributed by atoms with Crippen molar-refractivity contribution in [2.45, 2.75) is 12.2 Å². The summed E-state index contributed by atoms with van der Waals surface area (Å²) in [6, 6.07) is 9.94. The quantitative estimate of drug-likeness (QED) is 0.809. The van der Waals surface area contributed by atoms with Crippen LogP contribution in [0.5, 0.6) is 0 Å². The summed E-state index contributed by atoms with van der Waals surface area (Å²) < 4.78 is 11.4. The number of hydrogen-bond acceptors (Lipinski definition) is 6. The third kappa shape index (κ3) is 3.01. The van der Waals surface area contributed by atoms with E-state index in [4.69, 9.17) is 14.5 Å². The maximum atomic E-state index is 12.5. The lowest BCUT2D eigenvalue weighted by atomic mass is 9.87. The molecule has 27 heavy (non-hydrogen) atoms. The van der Waals surface area contributed by atoms with Crippen LogP contribution >= 0.6 is 0 Å². The van der Waals surface area contributed by atoms with Gasteiger partial charge in [0.25, 0.3) is 0 Å². The first-order chi connectivity index (χ1) is 13.2. The molecule has 140 valence electrons.